The van der Waals surface area contributed by atoms with Gasteiger partial charge in [-0.05, 0) is 17.7 Å². The summed E-state index contributed by atoms with van der Waals surface area (Å²) in [6.45, 7) is 3.03. The molecule has 0 aliphatic carbocycles. The second-order valence-electron chi connectivity index (χ2n) is 4.51. The average Bonchev–Trinajstić information content (AvgIpc) is 2.49. The molecule has 0 aliphatic heterocycles. The number of hydrogen-bond acceptors (Lipinski definition) is 2. The zero-order valence-electron chi connectivity index (χ0n) is 11.5. The minimum absolute atomic E-state index is 0.0172. The van der Waals surface area contributed by atoms with Crippen molar-refractivity contribution < 1.29 is 4.74 Å². The van der Waals surface area contributed by atoms with E-state index in [1.54, 1.807) is 7.11 Å². The van der Waals surface area contributed by atoms with Crippen molar-refractivity contribution in [2.24, 2.45) is 0 Å². The summed E-state index contributed by atoms with van der Waals surface area (Å²) in [5.74, 6) is 0. The fourth-order valence-electron chi connectivity index (χ4n) is 2.39. The van der Waals surface area contributed by atoms with E-state index in [1.807, 2.05) is 12.1 Å². The fourth-order valence-corrected chi connectivity index (χ4v) is 2.39. The van der Waals surface area contributed by atoms with Gasteiger partial charge in [0.05, 0.1) is 6.04 Å². The highest BCUT2D eigenvalue weighted by Crippen LogP contribution is 2.31. The van der Waals surface area contributed by atoms with E-state index in [0.29, 0.717) is 0 Å². The highest BCUT2D eigenvalue weighted by atomic mass is 16.5. The molecular formula is C17H21NO. The Hall–Kier alpha value is -1.64. The molecule has 0 spiro atoms. The molecule has 2 aromatic rings. The van der Waals surface area contributed by atoms with Crippen molar-refractivity contribution in [1.82, 2.24) is 5.32 Å². The van der Waals surface area contributed by atoms with Crippen LogP contribution in [0.1, 0.15) is 30.2 Å². The van der Waals surface area contributed by atoms with Gasteiger partial charge < -0.3 is 10.1 Å². The van der Waals surface area contributed by atoms with Gasteiger partial charge in [0.15, 0.2) is 0 Å². The number of ether oxygens (including phenoxy) is 1. The summed E-state index contributed by atoms with van der Waals surface area (Å²) in [5, 5.41) is 3.52. The first-order valence-corrected chi connectivity index (χ1v) is 6.73. The molecule has 100 valence electrons. The summed E-state index contributed by atoms with van der Waals surface area (Å²) < 4.78 is 5.74. The molecular weight excluding hydrogens is 234 g/mol. The first-order chi connectivity index (χ1) is 9.36. The molecule has 2 rings (SSSR count). The number of likely N-dealkylation sites (N-methyl/N-ethyl adjacent to an activating group) is 1. The molecule has 2 unspecified atom stereocenters. The van der Waals surface area contributed by atoms with Crippen LogP contribution in [0, 0.1) is 0 Å². The maximum atomic E-state index is 5.74. The smallest absolute Gasteiger partial charge is 0.102 e. The van der Waals surface area contributed by atoms with E-state index in [-0.39, 0.29) is 12.1 Å². The van der Waals surface area contributed by atoms with Gasteiger partial charge in [-0.25, -0.2) is 0 Å². The Kier molecular flexibility index (Phi) is 5.13. The van der Waals surface area contributed by atoms with Gasteiger partial charge in [0.1, 0.15) is 6.10 Å². The topological polar surface area (TPSA) is 21.3 Å². The van der Waals surface area contributed by atoms with E-state index >= 15 is 0 Å². The lowest BCUT2D eigenvalue weighted by molar-refractivity contribution is 0.0681. The van der Waals surface area contributed by atoms with E-state index in [9.17, 15) is 0 Å². The van der Waals surface area contributed by atoms with E-state index in [4.69, 9.17) is 4.74 Å². The van der Waals surface area contributed by atoms with Gasteiger partial charge in [0.2, 0.25) is 0 Å². The third-order valence-electron chi connectivity index (χ3n) is 3.27. The second kappa shape index (κ2) is 7.07. The van der Waals surface area contributed by atoms with E-state index in [1.165, 1.54) is 11.1 Å². The van der Waals surface area contributed by atoms with Gasteiger partial charge in [-0.3, -0.25) is 0 Å². The summed E-state index contributed by atoms with van der Waals surface area (Å²) in [5.41, 5.74) is 2.44. The number of methoxy groups -OCH3 is 1. The van der Waals surface area contributed by atoms with Crippen LogP contribution in [0.5, 0.6) is 0 Å². The Morgan fingerprint density at radius 3 is 1.89 bits per heavy atom. The van der Waals surface area contributed by atoms with Crippen LogP contribution in [0.25, 0.3) is 0 Å². The summed E-state index contributed by atoms with van der Waals surface area (Å²) in [7, 11) is 1.77. The lowest BCUT2D eigenvalue weighted by atomic mass is 9.95. The van der Waals surface area contributed by atoms with Gasteiger partial charge >= 0.3 is 0 Å². The van der Waals surface area contributed by atoms with Crippen LogP contribution in [0.3, 0.4) is 0 Å². The minimum atomic E-state index is 0.0172. The zero-order chi connectivity index (χ0) is 13.5. The van der Waals surface area contributed by atoms with E-state index in [2.05, 4.69) is 60.8 Å². The number of nitrogens with one attached hydrogen (secondary N) is 1. The van der Waals surface area contributed by atoms with E-state index < -0.39 is 0 Å². The Labute approximate surface area is 115 Å². The molecule has 0 aromatic heterocycles. The molecule has 19 heavy (non-hydrogen) atoms. The van der Waals surface area contributed by atoms with E-state index in [0.717, 1.165) is 6.54 Å². The molecule has 0 radical (unpaired) electrons. The lowest BCUT2D eigenvalue weighted by Crippen LogP contribution is -2.28. The zero-order valence-corrected chi connectivity index (χ0v) is 11.5. The molecule has 2 aromatic carbocycles. The Bertz CT molecular complexity index is 469. The van der Waals surface area contributed by atoms with Crippen molar-refractivity contribution in [3.63, 3.8) is 0 Å². The van der Waals surface area contributed by atoms with Crippen LogP contribution >= 0.6 is 0 Å². The summed E-state index contributed by atoms with van der Waals surface area (Å²) in [6, 6.07) is 21.0. The van der Waals surface area contributed by atoms with Crippen LogP contribution in [-0.2, 0) is 4.74 Å². The SMILES string of the molecule is CCNC(c1ccccc1)C(OC)c1ccccc1. The Morgan fingerprint density at radius 2 is 1.42 bits per heavy atom. The van der Waals surface area contributed by atoms with Crippen molar-refractivity contribution in [1.29, 1.82) is 0 Å². The third kappa shape index (κ3) is 3.43. The summed E-state index contributed by atoms with van der Waals surface area (Å²) >= 11 is 0. The summed E-state index contributed by atoms with van der Waals surface area (Å²) in [6.07, 6.45) is 0.0172. The fraction of sp³-hybridized carbons (Fsp3) is 0.294. The maximum absolute atomic E-state index is 5.74. The molecule has 0 saturated heterocycles. The van der Waals surface area contributed by atoms with Gasteiger partial charge in [0.25, 0.3) is 0 Å². The summed E-state index contributed by atoms with van der Waals surface area (Å²) in [4.78, 5) is 0. The van der Waals surface area contributed by atoms with Crippen LogP contribution in [0.2, 0.25) is 0 Å². The monoisotopic (exact) mass is 255 g/mol. The minimum Gasteiger partial charge on any atom is -0.375 e. The van der Waals surface area contributed by atoms with Crippen LogP contribution in [0.4, 0.5) is 0 Å². The second-order valence-corrected chi connectivity index (χ2v) is 4.51. The Morgan fingerprint density at radius 1 is 0.895 bits per heavy atom. The van der Waals surface area contributed by atoms with Crippen LogP contribution < -0.4 is 5.32 Å². The molecule has 0 fully saturated rings. The number of rotatable bonds is 6. The van der Waals surface area contributed by atoms with Gasteiger partial charge in [-0.2, -0.15) is 0 Å². The lowest BCUT2D eigenvalue weighted by Gasteiger charge is -2.27. The molecule has 1 N–H and O–H groups in total. The van der Waals surface area contributed by atoms with Gasteiger partial charge in [0, 0.05) is 7.11 Å². The Balaban J connectivity index is 2.31. The molecule has 0 saturated carbocycles. The molecule has 0 aliphatic rings. The predicted octanol–water partition coefficient (Wildman–Crippen LogP) is 3.72. The first kappa shape index (κ1) is 13.8. The molecule has 0 amide bonds. The predicted molar refractivity (Wildman–Crippen MR) is 79.1 cm³/mol. The molecule has 2 nitrogen and oxygen atoms in total. The quantitative estimate of drug-likeness (QED) is 0.849. The van der Waals surface area contributed by atoms with Crippen molar-refractivity contribution in [2.45, 2.75) is 19.1 Å². The van der Waals surface area contributed by atoms with Gasteiger partial charge in [-0.1, -0.05) is 67.6 Å². The molecule has 2 atom stereocenters. The third-order valence-corrected chi connectivity index (χ3v) is 3.27. The average molecular weight is 255 g/mol. The van der Waals surface area contributed by atoms with Crippen molar-refractivity contribution in [3.05, 3.63) is 71.8 Å². The molecule has 2 heteroatoms. The highest BCUT2D eigenvalue weighted by Gasteiger charge is 2.23. The molecule has 0 heterocycles. The van der Waals surface area contributed by atoms with Crippen molar-refractivity contribution in [2.75, 3.05) is 13.7 Å². The number of hydrogen-bond donors (Lipinski definition) is 1. The van der Waals surface area contributed by atoms with Gasteiger partial charge in [-0.15, -0.1) is 0 Å². The van der Waals surface area contributed by atoms with Crippen molar-refractivity contribution in [3.8, 4) is 0 Å². The standard InChI is InChI=1S/C17H21NO/c1-3-18-16(14-10-6-4-7-11-14)17(19-2)15-12-8-5-9-13-15/h4-13,16-18H,3H2,1-2H3. The molecule has 0 bridgehead atoms. The van der Waals surface area contributed by atoms with Crippen LogP contribution in [-0.4, -0.2) is 13.7 Å². The normalized spacial score (nSPS) is 14.0. The first-order valence-electron chi connectivity index (χ1n) is 6.73. The van der Waals surface area contributed by atoms with Crippen molar-refractivity contribution >= 4 is 0 Å². The largest absolute Gasteiger partial charge is 0.375 e. The maximum Gasteiger partial charge on any atom is 0.102 e. The highest BCUT2D eigenvalue weighted by molar-refractivity contribution is 5.26. The van der Waals surface area contributed by atoms with Crippen LogP contribution in [0.15, 0.2) is 60.7 Å². The number of benzene rings is 2.